The lowest BCUT2D eigenvalue weighted by atomic mass is 9.90. The van der Waals surface area contributed by atoms with Crippen LogP contribution in [-0.4, -0.2) is 57.0 Å². The smallest absolute Gasteiger partial charge is 0.153 e. The predicted octanol–water partition coefficient (Wildman–Crippen LogP) is 1.13. The molecule has 0 aromatic rings. The van der Waals surface area contributed by atoms with Crippen molar-refractivity contribution in [3.8, 4) is 0 Å². The quantitative estimate of drug-likeness (QED) is 0.818. The summed E-state index contributed by atoms with van der Waals surface area (Å²) in [4.78, 5) is 2.35. The highest BCUT2D eigenvalue weighted by Gasteiger charge is 2.31. The molecule has 0 aromatic heterocycles. The summed E-state index contributed by atoms with van der Waals surface area (Å²) in [5.41, 5.74) is 0. The van der Waals surface area contributed by atoms with E-state index in [1.165, 1.54) is 19.1 Å². The first kappa shape index (κ1) is 15.9. The summed E-state index contributed by atoms with van der Waals surface area (Å²) in [6, 6.07) is 0.389. The van der Waals surface area contributed by atoms with Crippen molar-refractivity contribution in [1.29, 1.82) is 0 Å². The number of hydrogen-bond donors (Lipinski definition) is 1. The lowest BCUT2D eigenvalue weighted by Crippen LogP contribution is -2.48. The lowest BCUT2D eigenvalue weighted by Gasteiger charge is -2.34. The van der Waals surface area contributed by atoms with E-state index < -0.39 is 14.6 Å². The average Bonchev–Trinajstić information content (AvgIpc) is 2.25. The molecule has 0 aromatic carbocycles. The Morgan fingerprint density at radius 3 is 2.28 bits per heavy atom. The third kappa shape index (κ3) is 4.21. The van der Waals surface area contributed by atoms with E-state index in [1.54, 1.807) is 13.8 Å². The molecule has 5 heteroatoms. The second-order valence-corrected chi connectivity index (χ2v) is 8.99. The Hall–Kier alpha value is -0.130. The largest absolute Gasteiger partial charge is 0.312 e. The first-order valence-electron chi connectivity index (χ1n) is 6.75. The minimum Gasteiger partial charge on any atom is -0.312 e. The minimum absolute atomic E-state index is 0.389. The summed E-state index contributed by atoms with van der Waals surface area (Å²) < 4.78 is 22.6. The van der Waals surface area contributed by atoms with E-state index in [-0.39, 0.29) is 0 Å². The van der Waals surface area contributed by atoms with Crippen molar-refractivity contribution < 1.29 is 8.42 Å². The maximum absolute atomic E-state index is 11.6. The number of nitrogens with one attached hydrogen (secondary N) is 1. The van der Waals surface area contributed by atoms with Crippen LogP contribution in [0.5, 0.6) is 0 Å². The van der Waals surface area contributed by atoms with Gasteiger partial charge in [0, 0.05) is 18.8 Å². The number of likely N-dealkylation sites (tertiary alicyclic amines) is 1. The van der Waals surface area contributed by atoms with Crippen LogP contribution in [0.25, 0.3) is 0 Å². The molecule has 0 spiro atoms. The van der Waals surface area contributed by atoms with Gasteiger partial charge in [0.2, 0.25) is 0 Å². The second kappa shape index (κ2) is 5.88. The number of hydrogen-bond acceptors (Lipinski definition) is 4. The Balaban J connectivity index is 2.44. The van der Waals surface area contributed by atoms with E-state index in [4.69, 9.17) is 0 Å². The standard InChI is InChI=1S/C13H28N2O2S/c1-11(12-6-8-15(4)9-7-12)14-10-13(2,3)18(5,16)17/h11-12,14H,6-10H2,1-5H3. The SMILES string of the molecule is CC(NCC(C)(C)S(C)(=O)=O)C1CCN(C)CC1. The fraction of sp³-hybridized carbons (Fsp3) is 1.00. The summed E-state index contributed by atoms with van der Waals surface area (Å²) in [5, 5.41) is 3.42. The Bertz CT molecular complexity index is 357. The minimum atomic E-state index is -3.01. The normalized spacial score (nSPS) is 22.1. The fourth-order valence-electron chi connectivity index (χ4n) is 2.23. The van der Waals surface area contributed by atoms with Crippen molar-refractivity contribution in [2.45, 2.75) is 44.4 Å². The van der Waals surface area contributed by atoms with E-state index in [9.17, 15) is 8.42 Å². The fourth-order valence-corrected chi connectivity index (χ4v) is 2.58. The molecule has 1 unspecified atom stereocenters. The van der Waals surface area contributed by atoms with Gasteiger partial charge in [0.25, 0.3) is 0 Å². The molecule has 1 aliphatic heterocycles. The van der Waals surface area contributed by atoms with Crippen LogP contribution in [0.4, 0.5) is 0 Å². The Morgan fingerprint density at radius 1 is 1.33 bits per heavy atom. The van der Waals surface area contributed by atoms with Crippen molar-refractivity contribution in [1.82, 2.24) is 10.2 Å². The van der Waals surface area contributed by atoms with Crippen LogP contribution in [0.2, 0.25) is 0 Å². The molecule has 4 nitrogen and oxygen atoms in total. The van der Waals surface area contributed by atoms with Crippen LogP contribution in [0.3, 0.4) is 0 Å². The zero-order valence-electron chi connectivity index (χ0n) is 12.4. The van der Waals surface area contributed by atoms with Gasteiger partial charge in [-0.3, -0.25) is 0 Å². The van der Waals surface area contributed by atoms with Gasteiger partial charge in [-0.1, -0.05) is 0 Å². The van der Waals surface area contributed by atoms with Crippen LogP contribution in [-0.2, 0) is 9.84 Å². The van der Waals surface area contributed by atoms with Crippen LogP contribution in [0, 0.1) is 5.92 Å². The highest BCUT2D eigenvalue weighted by molar-refractivity contribution is 7.92. The molecule has 1 fully saturated rings. The number of nitrogens with zero attached hydrogens (tertiary/aromatic N) is 1. The van der Waals surface area contributed by atoms with E-state index in [1.807, 2.05) is 0 Å². The molecule has 1 saturated heterocycles. The third-order valence-corrected chi connectivity index (χ3v) is 6.48. The number of sulfone groups is 1. The van der Waals surface area contributed by atoms with Gasteiger partial charge < -0.3 is 10.2 Å². The zero-order chi connectivity index (χ0) is 14.0. The maximum Gasteiger partial charge on any atom is 0.153 e. The second-order valence-electron chi connectivity index (χ2n) is 6.34. The van der Waals surface area contributed by atoms with Gasteiger partial charge in [-0.25, -0.2) is 8.42 Å². The summed E-state index contributed by atoms with van der Waals surface area (Å²) >= 11 is 0. The Labute approximate surface area is 112 Å². The Morgan fingerprint density at radius 2 is 1.83 bits per heavy atom. The topological polar surface area (TPSA) is 49.4 Å². The van der Waals surface area contributed by atoms with Crippen molar-refractivity contribution in [2.75, 3.05) is 32.9 Å². The van der Waals surface area contributed by atoms with Gasteiger partial charge in [0.15, 0.2) is 9.84 Å². The van der Waals surface area contributed by atoms with Crippen LogP contribution < -0.4 is 5.32 Å². The molecule has 1 N–H and O–H groups in total. The summed E-state index contributed by atoms with van der Waals surface area (Å²) in [6.07, 6.45) is 3.71. The molecule has 0 saturated carbocycles. The molecule has 18 heavy (non-hydrogen) atoms. The molecule has 0 aliphatic carbocycles. The molecule has 1 aliphatic rings. The lowest BCUT2D eigenvalue weighted by molar-refractivity contribution is 0.189. The zero-order valence-corrected chi connectivity index (χ0v) is 13.2. The molecular weight excluding hydrogens is 248 g/mol. The molecule has 1 atom stereocenters. The number of piperidine rings is 1. The molecule has 108 valence electrons. The molecule has 0 bridgehead atoms. The predicted molar refractivity (Wildman–Crippen MR) is 76.6 cm³/mol. The van der Waals surface area contributed by atoms with Gasteiger partial charge in [0.05, 0.1) is 4.75 Å². The molecule has 1 rings (SSSR count). The van der Waals surface area contributed by atoms with Crippen molar-refractivity contribution in [2.24, 2.45) is 5.92 Å². The molecule has 0 amide bonds. The van der Waals surface area contributed by atoms with Crippen molar-refractivity contribution >= 4 is 9.84 Å². The maximum atomic E-state index is 11.6. The van der Waals surface area contributed by atoms with E-state index in [2.05, 4.69) is 24.2 Å². The highest BCUT2D eigenvalue weighted by atomic mass is 32.2. The average molecular weight is 276 g/mol. The highest BCUT2D eigenvalue weighted by Crippen LogP contribution is 2.21. The molecular formula is C13H28N2O2S. The van der Waals surface area contributed by atoms with Crippen molar-refractivity contribution in [3.05, 3.63) is 0 Å². The summed E-state index contributed by atoms with van der Waals surface area (Å²) in [7, 11) is -0.854. The van der Waals surface area contributed by atoms with Gasteiger partial charge in [-0.2, -0.15) is 0 Å². The van der Waals surface area contributed by atoms with Crippen LogP contribution in [0.15, 0.2) is 0 Å². The van der Waals surface area contributed by atoms with Gasteiger partial charge >= 0.3 is 0 Å². The monoisotopic (exact) mass is 276 g/mol. The van der Waals surface area contributed by atoms with Gasteiger partial charge in [-0.15, -0.1) is 0 Å². The van der Waals surface area contributed by atoms with Crippen LogP contribution in [0.1, 0.15) is 33.6 Å². The summed E-state index contributed by atoms with van der Waals surface area (Å²) in [5.74, 6) is 0.663. The third-order valence-electron chi connectivity index (χ3n) is 4.32. The summed E-state index contributed by atoms with van der Waals surface area (Å²) in [6.45, 7) is 8.57. The van der Waals surface area contributed by atoms with Crippen molar-refractivity contribution in [3.63, 3.8) is 0 Å². The van der Waals surface area contributed by atoms with Gasteiger partial charge in [0.1, 0.15) is 0 Å². The van der Waals surface area contributed by atoms with E-state index in [0.29, 0.717) is 18.5 Å². The molecule has 0 radical (unpaired) electrons. The Kier molecular flexibility index (Phi) is 5.21. The van der Waals surface area contributed by atoms with E-state index in [0.717, 1.165) is 13.1 Å². The number of rotatable bonds is 5. The van der Waals surface area contributed by atoms with Crippen LogP contribution >= 0.6 is 0 Å². The van der Waals surface area contributed by atoms with E-state index >= 15 is 0 Å². The first-order valence-corrected chi connectivity index (χ1v) is 8.64. The first-order chi connectivity index (χ1) is 8.13. The molecule has 1 heterocycles. The van der Waals surface area contributed by atoms with Gasteiger partial charge in [-0.05, 0) is 59.7 Å².